The lowest BCUT2D eigenvalue weighted by Gasteiger charge is -2.38. The van der Waals surface area contributed by atoms with E-state index in [2.05, 4.69) is 0 Å². The molecular formula is C35H40ClN3O5. The quantitative estimate of drug-likeness (QED) is 0.314. The van der Waals surface area contributed by atoms with Crippen molar-refractivity contribution in [2.75, 3.05) is 36.0 Å². The molecule has 2 fully saturated rings. The lowest BCUT2D eigenvalue weighted by Crippen LogP contribution is -2.56. The number of unbranched alkanes of at least 4 members (excludes halogenated alkanes) is 3. The Hall–Kier alpha value is -3.46. The van der Waals surface area contributed by atoms with Gasteiger partial charge in [-0.3, -0.25) is 14.4 Å². The maximum absolute atomic E-state index is 14.8. The van der Waals surface area contributed by atoms with Gasteiger partial charge in [-0.1, -0.05) is 86.0 Å². The van der Waals surface area contributed by atoms with Gasteiger partial charge in [-0.05, 0) is 49.9 Å². The summed E-state index contributed by atoms with van der Waals surface area (Å²) < 4.78 is 7.10. The molecule has 4 aliphatic rings. The highest BCUT2D eigenvalue weighted by molar-refractivity contribution is 6.34. The lowest BCUT2D eigenvalue weighted by molar-refractivity contribution is -0.145. The number of para-hydroxylation sites is 2. The summed E-state index contributed by atoms with van der Waals surface area (Å²) in [5.41, 5.74) is -0.157. The van der Waals surface area contributed by atoms with Crippen LogP contribution in [-0.2, 0) is 19.1 Å². The van der Waals surface area contributed by atoms with E-state index in [1.807, 2.05) is 80.6 Å². The minimum absolute atomic E-state index is 0.119. The first-order chi connectivity index (χ1) is 21.3. The topological polar surface area (TPSA) is 90.4 Å². The molecule has 2 saturated heterocycles. The summed E-state index contributed by atoms with van der Waals surface area (Å²) >= 11 is 6.68. The minimum atomic E-state index is -1.33. The number of hydrogen-bond acceptors (Lipinski definition) is 5. The molecule has 1 spiro atoms. The first-order valence-corrected chi connectivity index (χ1v) is 16.1. The predicted octanol–water partition coefficient (Wildman–Crippen LogP) is 5.07. The molecule has 0 aromatic heterocycles. The number of benzene rings is 2. The molecule has 232 valence electrons. The number of fused-ring (bicyclic) bond motifs is 2. The van der Waals surface area contributed by atoms with Gasteiger partial charge in [0.05, 0.1) is 28.1 Å². The van der Waals surface area contributed by atoms with Crippen LogP contribution in [0.3, 0.4) is 0 Å². The summed E-state index contributed by atoms with van der Waals surface area (Å²) in [6, 6.07) is 14.1. The fraction of sp³-hybridized carbons (Fsp3) is 0.457. The summed E-state index contributed by atoms with van der Waals surface area (Å²) in [5.74, 6) is -2.36. The second kappa shape index (κ2) is 12.1. The van der Waals surface area contributed by atoms with Crippen LogP contribution in [0.25, 0.3) is 0 Å². The van der Waals surface area contributed by atoms with Gasteiger partial charge in [0.25, 0.3) is 5.91 Å². The molecule has 44 heavy (non-hydrogen) atoms. The molecule has 3 amide bonds. The summed E-state index contributed by atoms with van der Waals surface area (Å²) in [4.78, 5) is 49.2. The van der Waals surface area contributed by atoms with Crippen molar-refractivity contribution in [3.05, 3.63) is 83.4 Å². The average molecular weight is 618 g/mol. The molecule has 4 aliphatic heterocycles. The number of amides is 3. The Morgan fingerprint density at radius 2 is 1.59 bits per heavy atom. The Morgan fingerprint density at radius 3 is 2.32 bits per heavy atom. The van der Waals surface area contributed by atoms with Gasteiger partial charge in [-0.2, -0.15) is 0 Å². The highest BCUT2D eigenvalue weighted by atomic mass is 35.5. The third kappa shape index (κ3) is 4.78. The largest absolute Gasteiger partial charge is 0.396 e. The normalized spacial score (nSPS) is 29.5. The Morgan fingerprint density at radius 1 is 0.864 bits per heavy atom. The van der Waals surface area contributed by atoms with Crippen molar-refractivity contribution >= 4 is 40.7 Å². The molecule has 8 nitrogen and oxygen atoms in total. The van der Waals surface area contributed by atoms with E-state index in [1.165, 1.54) is 0 Å². The van der Waals surface area contributed by atoms with Gasteiger partial charge in [0.2, 0.25) is 11.8 Å². The van der Waals surface area contributed by atoms with Crippen molar-refractivity contribution in [3.63, 3.8) is 0 Å². The molecule has 0 saturated carbocycles. The number of carbonyl (C=O) groups excluding carboxylic acids is 3. The number of hydrogen-bond donors (Lipinski definition) is 1. The van der Waals surface area contributed by atoms with Gasteiger partial charge in [-0.15, -0.1) is 0 Å². The van der Waals surface area contributed by atoms with Crippen LogP contribution in [0.15, 0.2) is 72.8 Å². The molecule has 1 unspecified atom stereocenters. The first-order valence-electron chi connectivity index (χ1n) is 15.7. The molecule has 1 N–H and O–H groups in total. The number of nitrogens with zero attached hydrogens (tertiary/aromatic N) is 3. The van der Waals surface area contributed by atoms with Crippen LogP contribution >= 0.6 is 11.6 Å². The molecule has 9 heteroatoms. The Kier molecular flexibility index (Phi) is 8.44. The zero-order valence-corrected chi connectivity index (χ0v) is 26.1. The zero-order chi connectivity index (χ0) is 31.1. The van der Waals surface area contributed by atoms with Crippen LogP contribution in [0, 0.1) is 18.8 Å². The number of ether oxygens (including phenoxy) is 1. The maximum Gasteiger partial charge on any atom is 0.253 e. The van der Waals surface area contributed by atoms with Gasteiger partial charge < -0.3 is 24.5 Å². The summed E-state index contributed by atoms with van der Waals surface area (Å²) in [5, 5.41) is 9.70. The van der Waals surface area contributed by atoms with Gasteiger partial charge >= 0.3 is 0 Å². The smallest absolute Gasteiger partial charge is 0.253 e. The van der Waals surface area contributed by atoms with E-state index in [1.54, 1.807) is 20.8 Å². The Labute approximate surface area is 263 Å². The average Bonchev–Trinajstić information content (AvgIpc) is 3.30. The number of aliphatic hydroxyl groups excluding tert-OH is 1. The molecule has 2 aromatic carbocycles. The van der Waals surface area contributed by atoms with Gasteiger partial charge in [0, 0.05) is 31.9 Å². The van der Waals surface area contributed by atoms with Crippen molar-refractivity contribution in [3.8, 4) is 0 Å². The number of halogens is 1. The van der Waals surface area contributed by atoms with Crippen LogP contribution in [0.2, 0.25) is 5.02 Å². The number of rotatable bonds is 9. The van der Waals surface area contributed by atoms with Crippen LogP contribution in [0.5, 0.6) is 0 Å². The van der Waals surface area contributed by atoms with Crippen molar-refractivity contribution in [2.24, 2.45) is 11.8 Å². The molecule has 4 heterocycles. The number of aryl methyl sites for hydroxylation is 1. The lowest BCUT2D eigenvalue weighted by atomic mass is 9.73. The molecule has 2 aromatic rings. The number of carbonyl (C=O) groups is 3. The van der Waals surface area contributed by atoms with Gasteiger partial charge in [0.15, 0.2) is 0 Å². The maximum atomic E-state index is 14.8. The molecule has 0 bridgehead atoms. The summed E-state index contributed by atoms with van der Waals surface area (Å²) in [6.45, 7) is 4.99. The van der Waals surface area contributed by atoms with E-state index in [-0.39, 0.29) is 30.9 Å². The van der Waals surface area contributed by atoms with E-state index in [0.717, 1.165) is 24.1 Å². The highest BCUT2D eigenvalue weighted by Crippen LogP contribution is 2.59. The zero-order valence-electron chi connectivity index (χ0n) is 25.3. The van der Waals surface area contributed by atoms with Gasteiger partial charge in [-0.25, -0.2) is 0 Å². The molecular weight excluding hydrogens is 578 g/mol. The van der Waals surface area contributed by atoms with E-state index < -0.39 is 29.1 Å². The summed E-state index contributed by atoms with van der Waals surface area (Å²) in [7, 11) is 0. The third-order valence-electron chi connectivity index (χ3n) is 9.77. The first kappa shape index (κ1) is 30.6. The second-order valence-electron chi connectivity index (χ2n) is 12.2. The van der Waals surface area contributed by atoms with Crippen molar-refractivity contribution in [1.29, 1.82) is 0 Å². The fourth-order valence-corrected chi connectivity index (χ4v) is 8.08. The predicted molar refractivity (Wildman–Crippen MR) is 170 cm³/mol. The van der Waals surface area contributed by atoms with Crippen LogP contribution < -0.4 is 9.80 Å². The van der Waals surface area contributed by atoms with Crippen LogP contribution in [0.1, 0.15) is 44.6 Å². The standard InChI is InChI=1S/C35H40ClN3O5/c1-3-34-18-12-21-37(25-15-7-6-8-16-25)31(41)27(34)28-32(42)39(20-9-4-5-10-23-40)30-33(43)38(22-13-19-35(28,30)44-34)29-24(2)14-11-17-26(29)36/h6-8,11-19,27-28,30,40H,3-5,9-10,20-23H2,1-2H3/t27-,28+,30?,34+,35+/m1/s1. The molecule has 6 rings (SSSR count). The summed E-state index contributed by atoms with van der Waals surface area (Å²) in [6.07, 6.45) is 11.1. The number of likely N-dealkylation sites (tertiary alicyclic amines) is 1. The van der Waals surface area contributed by atoms with E-state index in [0.29, 0.717) is 43.1 Å². The minimum Gasteiger partial charge on any atom is -0.396 e. The second-order valence-corrected chi connectivity index (χ2v) is 12.6. The molecule has 0 radical (unpaired) electrons. The SMILES string of the molecule is CC[C@]12C=CCN(c3ccccc3)C(=O)[C@H]1[C@H]1C(=O)N(CCCCCCO)C3C(=O)N(c4c(C)cccc4Cl)CC=C[C@@]31O2. The monoisotopic (exact) mass is 617 g/mol. The number of aliphatic hydroxyl groups is 1. The molecule has 5 atom stereocenters. The van der Waals surface area contributed by atoms with Crippen molar-refractivity contribution in [1.82, 2.24) is 4.90 Å². The van der Waals surface area contributed by atoms with E-state index in [4.69, 9.17) is 16.3 Å². The Balaban J connectivity index is 1.46. The van der Waals surface area contributed by atoms with Crippen LogP contribution in [-0.4, -0.2) is 71.2 Å². The highest BCUT2D eigenvalue weighted by Gasteiger charge is 2.75. The van der Waals surface area contributed by atoms with Gasteiger partial charge in [0.1, 0.15) is 11.6 Å². The van der Waals surface area contributed by atoms with E-state index >= 15 is 0 Å². The third-order valence-corrected chi connectivity index (χ3v) is 10.1. The Bertz CT molecular complexity index is 1470. The molecule has 0 aliphatic carbocycles. The van der Waals surface area contributed by atoms with Crippen LogP contribution in [0.4, 0.5) is 11.4 Å². The van der Waals surface area contributed by atoms with Crippen molar-refractivity contribution in [2.45, 2.75) is 63.2 Å². The fourth-order valence-electron chi connectivity index (χ4n) is 7.75. The van der Waals surface area contributed by atoms with E-state index in [9.17, 15) is 19.5 Å². The van der Waals surface area contributed by atoms with Crippen molar-refractivity contribution < 1.29 is 24.2 Å². The number of anilines is 2.